The molecule has 0 rings (SSSR count). The standard InChI is InChI=1S/C9H14O2/c1-5-8(6-7(2)3)9(10)11-4/h5-7H,1H2,2-4H3. The number of allylic oxidation sites excluding steroid dienone is 1. The van der Waals surface area contributed by atoms with Crippen LogP contribution in [0.3, 0.4) is 0 Å². The molecule has 0 saturated heterocycles. The third-order valence-electron chi connectivity index (χ3n) is 1.15. The Labute approximate surface area is 67.6 Å². The molecule has 0 amide bonds. The molecule has 2 heteroatoms. The van der Waals surface area contributed by atoms with Crippen LogP contribution in [0.4, 0.5) is 0 Å². The summed E-state index contributed by atoms with van der Waals surface area (Å²) in [4.78, 5) is 10.9. The van der Waals surface area contributed by atoms with E-state index in [1.807, 2.05) is 19.9 Å². The average Bonchev–Trinajstić information content (AvgIpc) is 1.98. The van der Waals surface area contributed by atoms with Gasteiger partial charge in [-0.05, 0) is 5.92 Å². The van der Waals surface area contributed by atoms with Crippen LogP contribution >= 0.6 is 0 Å². The Morgan fingerprint density at radius 1 is 1.55 bits per heavy atom. The molecule has 11 heavy (non-hydrogen) atoms. The fourth-order valence-corrected chi connectivity index (χ4v) is 0.696. The van der Waals surface area contributed by atoms with E-state index in [9.17, 15) is 4.79 Å². The highest BCUT2D eigenvalue weighted by molar-refractivity contribution is 5.91. The molecule has 0 bridgehead atoms. The summed E-state index contributed by atoms with van der Waals surface area (Å²) < 4.78 is 4.53. The van der Waals surface area contributed by atoms with Gasteiger partial charge in [0, 0.05) is 0 Å². The van der Waals surface area contributed by atoms with Gasteiger partial charge in [0.05, 0.1) is 12.7 Å². The van der Waals surface area contributed by atoms with E-state index in [-0.39, 0.29) is 5.97 Å². The minimum Gasteiger partial charge on any atom is -0.465 e. The lowest BCUT2D eigenvalue weighted by Gasteiger charge is -2.00. The fraction of sp³-hybridized carbons (Fsp3) is 0.444. The van der Waals surface area contributed by atoms with E-state index in [1.54, 1.807) is 0 Å². The predicted octanol–water partition coefficient (Wildman–Crippen LogP) is 1.93. The first-order valence-electron chi connectivity index (χ1n) is 3.54. The zero-order valence-corrected chi connectivity index (χ0v) is 7.26. The molecule has 0 aliphatic rings. The van der Waals surface area contributed by atoms with Crippen LogP contribution in [0.5, 0.6) is 0 Å². The lowest BCUT2D eigenvalue weighted by Crippen LogP contribution is -2.03. The summed E-state index contributed by atoms with van der Waals surface area (Å²) in [7, 11) is 1.36. The molecule has 0 atom stereocenters. The van der Waals surface area contributed by atoms with Gasteiger partial charge in [0.15, 0.2) is 0 Å². The summed E-state index contributed by atoms with van der Waals surface area (Å²) in [6.07, 6.45) is 3.32. The summed E-state index contributed by atoms with van der Waals surface area (Å²) in [6, 6.07) is 0. The SMILES string of the molecule is C=CC(=CC(C)C)C(=O)OC. The van der Waals surface area contributed by atoms with Crippen molar-refractivity contribution >= 4 is 5.97 Å². The number of hydrogen-bond donors (Lipinski definition) is 0. The van der Waals surface area contributed by atoms with Crippen LogP contribution in [0, 0.1) is 5.92 Å². The molecule has 0 N–H and O–H groups in total. The third kappa shape index (κ3) is 3.61. The van der Waals surface area contributed by atoms with Crippen LogP contribution in [0.25, 0.3) is 0 Å². The molecule has 0 heterocycles. The molecule has 0 spiro atoms. The smallest absolute Gasteiger partial charge is 0.337 e. The molecule has 0 fully saturated rings. The van der Waals surface area contributed by atoms with E-state index in [0.29, 0.717) is 11.5 Å². The summed E-state index contributed by atoms with van der Waals surface area (Å²) in [5.74, 6) is 0.0100. The molecule has 0 aliphatic heterocycles. The molecule has 0 aliphatic carbocycles. The van der Waals surface area contributed by atoms with Gasteiger partial charge < -0.3 is 4.74 Å². The van der Waals surface area contributed by atoms with E-state index < -0.39 is 0 Å². The Morgan fingerprint density at radius 2 is 2.09 bits per heavy atom. The third-order valence-corrected chi connectivity index (χ3v) is 1.15. The lowest BCUT2D eigenvalue weighted by molar-refractivity contribution is -0.135. The van der Waals surface area contributed by atoms with E-state index in [2.05, 4.69) is 11.3 Å². The number of methoxy groups -OCH3 is 1. The van der Waals surface area contributed by atoms with Crippen molar-refractivity contribution in [3.63, 3.8) is 0 Å². The number of carbonyl (C=O) groups is 1. The Bertz CT molecular complexity index is 178. The minimum atomic E-state index is -0.325. The molecule has 0 aromatic rings. The van der Waals surface area contributed by atoms with Crippen LogP contribution in [-0.2, 0) is 9.53 Å². The van der Waals surface area contributed by atoms with Gasteiger partial charge in [-0.25, -0.2) is 4.79 Å². The van der Waals surface area contributed by atoms with Crippen molar-refractivity contribution < 1.29 is 9.53 Å². The Hall–Kier alpha value is -1.05. The molecule has 0 radical (unpaired) electrons. The maximum absolute atomic E-state index is 10.9. The second-order valence-electron chi connectivity index (χ2n) is 2.56. The maximum Gasteiger partial charge on any atom is 0.337 e. The van der Waals surface area contributed by atoms with Crippen LogP contribution in [-0.4, -0.2) is 13.1 Å². The van der Waals surface area contributed by atoms with Gasteiger partial charge in [-0.3, -0.25) is 0 Å². The quantitative estimate of drug-likeness (QED) is 0.352. The van der Waals surface area contributed by atoms with Crippen molar-refractivity contribution in [3.05, 3.63) is 24.3 Å². The molecule has 0 saturated carbocycles. The summed E-state index contributed by atoms with van der Waals surface area (Å²) in [5.41, 5.74) is 0.530. The van der Waals surface area contributed by atoms with Crippen molar-refractivity contribution in [3.8, 4) is 0 Å². The van der Waals surface area contributed by atoms with E-state index in [0.717, 1.165) is 0 Å². The largest absolute Gasteiger partial charge is 0.465 e. The van der Waals surface area contributed by atoms with Crippen molar-refractivity contribution in [2.24, 2.45) is 5.92 Å². The number of esters is 1. The van der Waals surface area contributed by atoms with Gasteiger partial charge >= 0.3 is 5.97 Å². The summed E-state index contributed by atoms with van der Waals surface area (Å²) in [6.45, 7) is 7.50. The second-order valence-corrected chi connectivity index (χ2v) is 2.56. The van der Waals surface area contributed by atoms with E-state index in [1.165, 1.54) is 13.2 Å². The van der Waals surface area contributed by atoms with Gasteiger partial charge in [-0.2, -0.15) is 0 Å². The van der Waals surface area contributed by atoms with Crippen molar-refractivity contribution in [1.29, 1.82) is 0 Å². The highest BCUT2D eigenvalue weighted by Crippen LogP contribution is 2.04. The van der Waals surface area contributed by atoms with Crippen LogP contribution in [0.2, 0.25) is 0 Å². The number of ether oxygens (including phenoxy) is 1. The monoisotopic (exact) mass is 154 g/mol. The molecule has 2 nitrogen and oxygen atoms in total. The fourth-order valence-electron chi connectivity index (χ4n) is 0.696. The molecule has 62 valence electrons. The Kier molecular flexibility index (Phi) is 4.27. The average molecular weight is 154 g/mol. The second kappa shape index (κ2) is 4.72. The minimum absolute atomic E-state index is 0.325. The zero-order chi connectivity index (χ0) is 8.85. The highest BCUT2D eigenvalue weighted by Gasteiger charge is 2.04. The van der Waals surface area contributed by atoms with E-state index in [4.69, 9.17) is 0 Å². The number of hydrogen-bond acceptors (Lipinski definition) is 2. The summed E-state index contributed by atoms with van der Waals surface area (Å²) in [5, 5.41) is 0. The van der Waals surface area contributed by atoms with Gasteiger partial charge in [-0.1, -0.05) is 32.6 Å². The molecular weight excluding hydrogens is 140 g/mol. The van der Waals surface area contributed by atoms with Crippen molar-refractivity contribution in [2.75, 3.05) is 7.11 Å². The Balaban J connectivity index is 4.39. The van der Waals surface area contributed by atoms with Crippen molar-refractivity contribution in [1.82, 2.24) is 0 Å². The first kappa shape index (κ1) is 9.95. The van der Waals surface area contributed by atoms with E-state index >= 15 is 0 Å². The van der Waals surface area contributed by atoms with Crippen LogP contribution < -0.4 is 0 Å². The lowest BCUT2D eigenvalue weighted by atomic mass is 10.1. The van der Waals surface area contributed by atoms with Gasteiger partial charge in [-0.15, -0.1) is 0 Å². The molecule has 0 aromatic heterocycles. The molecule has 0 aromatic carbocycles. The Morgan fingerprint density at radius 3 is 2.36 bits per heavy atom. The first-order chi connectivity index (χ1) is 5.11. The first-order valence-corrected chi connectivity index (χ1v) is 3.54. The number of rotatable bonds is 3. The van der Waals surface area contributed by atoms with Gasteiger partial charge in [0.2, 0.25) is 0 Å². The number of carbonyl (C=O) groups excluding carboxylic acids is 1. The zero-order valence-electron chi connectivity index (χ0n) is 7.26. The van der Waals surface area contributed by atoms with Crippen LogP contribution in [0.15, 0.2) is 24.3 Å². The van der Waals surface area contributed by atoms with Gasteiger partial charge in [0.1, 0.15) is 0 Å². The molecule has 0 unspecified atom stereocenters. The molecular formula is C9H14O2. The van der Waals surface area contributed by atoms with Crippen LogP contribution in [0.1, 0.15) is 13.8 Å². The van der Waals surface area contributed by atoms with Crippen molar-refractivity contribution in [2.45, 2.75) is 13.8 Å². The predicted molar refractivity (Wildman–Crippen MR) is 45.1 cm³/mol. The topological polar surface area (TPSA) is 26.3 Å². The normalized spacial score (nSPS) is 11.5. The van der Waals surface area contributed by atoms with Gasteiger partial charge in [0.25, 0.3) is 0 Å². The maximum atomic E-state index is 10.9. The summed E-state index contributed by atoms with van der Waals surface area (Å²) >= 11 is 0. The highest BCUT2D eigenvalue weighted by atomic mass is 16.5.